The molecule has 8 nitrogen and oxygen atoms in total. The summed E-state index contributed by atoms with van der Waals surface area (Å²) in [4.78, 5) is 14.0. The molecular formula is C18H18N5O3+. The SMILES string of the molecule is O=[N+]([O-])c1cccc(-c2[nH]c(/C=N/N3CCOCC3)c3cccc[n+]23)c1. The molecule has 0 unspecified atom stereocenters. The highest BCUT2D eigenvalue weighted by molar-refractivity contribution is 5.86. The smallest absolute Gasteiger partial charge is 0.292 e. The van der Waals surface area contributed by atoms with Gasteiger partial charge in [0, 0.05) is 12.1 Å². The van der Waals surface area contributed by atoms with E-state index in [1.54, 1.807) is 18.3 Å². The molecule has 3 aromatic rings. The minimum atomic E-state index is -0.389. The van der Waals surface area contributed by atoms with Gasteiger partial charge in [-0.15, -0.1) is 0 Å². The lowest BCUT2D eigenvalue weighted by molar-refractivity contribution is -0.498. The monoisotopic (exact) mass is 352 g/mol. The maximum absolute atomic E-state index is 11.1. The molecule has 0 bridgehead atoms. The van der Waals surface area contributed by atoms with Gasteiger partial charge in [0.2, 0.25) is 0 Å². The van der Waals surface area contributed by atoms with E-state index in [1.165, 1.54) is 6.07 Å². The average molecular weight is 352 g/mol. The Bertz CT molecular complexity index is 976. The molecular weight excluding hydrogens is 334 g/mol. The molecule has 0 amide bonds. The zero-order chi connectivity index (χ0) is 17.9. The lowest BCUT2D eigenvalue weighted by Gasteiger charge is -2.23. The molecule has 0 spiro atoms. The van der Waals surface area contributed by atoms with Gasteiger partial charge in [0.25, 0.3) is 11.5 Å². The molecule has 132 valence electrons. The minimum absolute atomic E-state index is 0.0605. The maximum Gasteiger partial charge on any atom is 0.292 e. The third kappa shape index (κ3) is 3.14. The largest absolute Gasteiger partial charge is 0.378 e. The molecule has 8 heteroatoms. The van der Waals surface area contributed by atoms with Crippen molar-refractivity contribution in [3.63, 3.8) is 0 Å². The van der Waals surface area contributed by atoms with Crippen LogP contribution in [0.2, 0.25) is 0 Å². The summed E-state index contributed by atoms with van der Waals surface area (Å²) in [5.74, 6) is 0.771. The summed E-state index contributed by atoms with van der Waals surface area (Å²) in [6, 6.07) is 12.4. The predicted molar refractivity (Wildman–Crippen MR) is 96.0 cm³/mol. The van der Waals surface area contributed by atoms with Crippen molar-refractivity contribution in [2.75, 3.05) is 26.3 Å². The van der Waals surface area contributed by atoms with Crippen LogP contribution in [0.4, 0.5) is 5.69 Å². The fourth-order valence-corrected chi connectivity index (χ4v) is 2.99. The lowest BCUT2D eigenvalue weighted by atomic mass is 10.2. The van der Waals surface area contributed by atoms with Crippen LogP contribution < -0.4 is 4.40 Å². The van der Waals surface area contributed by atoms with Crippen molar-refractivity contribution < 1.29 is 14.1 Å². The number of non-ortho nitro benzene ring substituents is 1. The van der Waals surface area contributed by atoms with E-state index in [2.05, 4.69) is 10.1 Å². The topological polar surface area (TPSA) is 87.9 Å². The molecule has 26 heavy (non-hydrogen) atoms. The van der Waals surface area contributed by atoms with Gasteiger partial charge < -0.3 is 4.74 Å². The number of hydrazone groups is 1. The van der Waals surface area contributed by atoms with Gasteiger partial charge in [-0.3, -0.25) is 15.1 Å². The van der Waals surface area contributed by atoms with Gasteiger partial charge in [0.15, 0.2) is 11.2 Å². The summed E-state index contributed by atoms with van der Waals surface area (Å²) < 4.78 is 7.30. The third-order valence-corrected chi connectivity index (χ3v) is 4.30. The molecule has 1 saturated heterocycles. The van der Waals surface area contributed by atoms with Crippen molar-refractivity contribution in [2.24, 2.45) is 5.10 Å². The number of pyridine rings is 1. The van der Waals surface area contributed by atoms with E-state index in [0.717, 1.165) is 35.7 Å². The van der Waals surface area contributed by atoms with Gasteiger partial charge in [-0.1, -0.05) is 12.1 Å². The summed E-state index contributed by atoms with van der Waals surface area (Å²) in [7, 11) is 0. The van der Waals surface area contributed by atoms with Crippen molar-refractivity contribution in [2.45, 2.75) is 0 Å². The van der Waals surface area contributed by atoms with E-state index in [9.17, 15) is 10.1 Å². The molecule has 0 radical (unpaired) electrons. The van der Waals surface area contributed by atoms with Crippen molar-refractivity contribution in [3.8, 4) is 11.4 Å². The molecule has 0 atom stereocenters. The van der Waals surface area contributed by atoms with Crippen LogP contribution in [0.5, 0.6) is 0 Å². The van der Waals surface area contributed by atoms with Gasteiger partial charge in [0.05, 0.1) is 49.2 Å². The quantitative estimate of drug-likeness (QED) is 0.337. The summed E-state index contributed by atoms with van der Waals surface area (Å²) >= 11 is 0. The first-order valence-corrected chi connectivity index (χ1v) is 8.36. The van der Waals surface area contributed by atoms with Gasteiger partial charge in [0.1, 0.15) is 0 Å². The Kier molecular flexibility index (Phi) is 4.32. The first-order valence-electron chi connectivity index (χ1n) is 8.36. The van der Waals surface area contributed by atoms with Gasteiger partial charge in [-0.05, 0) is 18.2 Å². The van der Waals surface area contributed by atoms with Crippen LogP contribution in [0.3, 0.4) is 0 Å². The molecule has 0 aliphatic carbocycles. The van der Waals surface area contributed by atoms with Crippen LogP contribution in [0, 0.1) is 10.1 Å². The first-order chi connectivity index (χ1) is 12.7. The number of aromatic nitrogens is 2. The summed E-state index contributed by atoms with van der Waals surface area (Å²) in [6.45, 7) is 2.88. The third-order valence-electron chi connectivity index (χ3n) is 4.30. The predicted octanol–water partition coefficient (Wildman–Crippen LogP) is 1.99. The van der Waals surface area contributed by atoms with Crippen molar-refractivity contribution in [1.82, 2.24) is 9.99 Å². The number of imidazole rings is 1. The fourth-order valence-electron chi connectivity index (χ4n) is 2.99. The second-order valence-corrected chi connectivity index (χ2v) is 5.96. The Morgan fingerprint density at radius 3 is 2.88 bits per heavy atom. The molecule has 1 aromatic carbocycles. The van der Waals surface area contributed by atoms with E-state index >= 15 is 0 Å². The number of hydrogen-bond acceptors (Lipinski definition) is 5. The number of aromatic amines is 1. The minimum Gasteiger partial charge on any atom is -0.378 e. The zero-order valence-electron chi connectivity index (χ0n) is 14.0. The standard InChI is InChI=1S/C18H17N5O3/c24-23(25)15-5-3-4-14(12-15)18-20-16(17-6-1-2-7-22(17)18)13-19-21-8-10-26-11-9-21/h1-7,12-13H,8-11H2/p+1/b19-13+. The molecule has 1 fully saturated rings. The van der Waals surface area contributed by atoms with Gasteiger partial charge in [-0.25, -0.2) is 4.98 Å². The van der Waals surface area contributed by atoms with Crippen LogP contribution in [-0.4, -0.2) is 47.4 Å². The number of benzene rings is 1. The molecule has 1 aliphatic rings. The molecule has 3 heterocycles. The number of nitro groups is 1. The van der Waals surface area contributed by atoms with Crippen molar-refractivity contribution in [1.29, 1.82) is 0 Å². The number of nitrogens with zero attached hydrogens (tertiary/aromatic N) is 4. The number of morpholine rings is 1. The molecule has 0 saturated carbocycles. The number of ether oxygens (including phenoxy) is 1. The van der Waals surface area contributed by atoms with Gasteiger partial charge >= 0.3 is 0 Å². The summed E-state index contributed by atoms with van der Waals surface area (Å²) in [5, 5.41) is 17.6. The normalized spacial score (nSPS) is 15.0. The Balaban J connectivity index is 1.75. The van der Waals surface area contributed by atoms with Gasteiger partial charge in [-0.2, -0.15) is 9.50 Å². The number of H-pyrrole nitrogens is 1. The number of hydrogen-bond donors (Lipinski definition) is 1. The Morgan fingerprint density at radius 1 is 1.23 bits per heavy atom. The lowest BCUT2D eigenvalue weighted by Crippen LogP contribution is -2.32. The summed E-state index contributed by atoms with van der Waals surface area (Å²) in [5.41, 5.74) is 2.60. The maximum atomic E-state index is 11.1. The van der Waals surface area contributed by atoms with E-state index in [0.29, 0.717) is 13.2 Å². The highest BCUT2D eigenvalue weighted by atomic mass is 16.6. The van der Waals surface area contributed by atoms with Crippen molar-refractivity contribution >= 4 is 17.4 Å². The molecule has 1 N–H and O–H groups in total. The Hall–Kier alpha value is -3.26. The Morgan fingerprint density at radius 2 is 2.08 bits per heavy atom. The molecule has 2 aromatic heterocycles. The van der Waals surface area contributed by atoms with E-state index < -0.39 is 0 Å². The van der Waals surface area contributed by atoms with E-state index in [1.807, 2.05) is 39.9 Å². The number of nitro benzene ring substituents is 1. The van der Waals surface area contributed by atoms with Crippen LogP contribution >= 0.6 is 0 Å². The number of fused-ring (bicyclic) bond motifs is 1. The average Bonchev–Trinajstić information content (AvgIpc) is 3.06. The number of nitrogens with one attached hydrogen (secondary N) is 1. The van der Waals surface area contributed by atoms with Crippen molar-refractivity contribution in [3.05, 3.63) is 64.5 Å². The molecule has 4 rings (SSSR count). The van der Waals surface area contributed by atoms with E-state index in [4.69, 9.17) is 4.74 Å². The first kappa shape index (κ1) is 16.2. The number of rotatable bonds is 4. The van der Waals surface area contributed by atoms with Crippen LogP contribution in [0.1, 0.15) is 5.69 Å². The second kappa shape index (κ2) is 6.93. The van der Waals surface area contributed by atoms with Crippen LogP contribution in [0.15, 0.2) is 53.8 Å². The zero-order valence-corrected chi connectivity index (χ0v) is 14.0. The highest BCUT2D eigenvalue weighted by Gasteiger charge is 2.20. The fraction of sp³-hybridized carbons (Fsp3) is 0.222. The second-order valence-electron chi connectivity index (χ2n) is 5.96. The van der Waals surface area contributed by atoms with Crippen LogP contribution in [0.25, 0.3) is 16.9 Å². The van der Waals surface area contributed by atoms with Crippen LogP contribution in [-0.2, 0) is 4.74 Å². The Labute approximate surface area is 149 Å². The summed E-state index contributed by atoms with van der Waals surface area (Å²) in [6.07, 6.45) is 3.72. The molecule has 1 aliphatic heterocycles. The van der Waals surface area contributed by atoms with E-state index in [-0.39, 0.29) is 10.6 Å². The highest BCUT2D eigenvalue weighted by Crippen LogP contribution is 2.21.